The minimum Gasteiger partial charge on any atom is -0.370 e. The van der Waals surface area contributed by atoms with Crippen molar-refractivity contribution in [1.29, 1.82) is 0 Å². The maximum Gasteiger partial charge on any atom is 0.219 e. The molecule has 0 saturated carbocycles. The molecular formula is C11H20N2O. The molecule has 0 aromatic rings. The van der Waals surface area contributed by atoms with Crippen LogP contribution in [-0.4, -0.2) is 11.9 Å². The third-order valence-corrected chi connectivity index (χ3v) is 1.77. The molecule has 14 heavy (non-hydrogen) atoms. The van der Waals surface area contributed by atoms with Gasteiger partial charge in [0.25, 0.3) is 0 Å². The second kappa shape index (κ2) is 8.51. The summed E-state index contributed by atoms with van der Waals surface area (Å²) in [6, 6.07) is -0.261. The van der Waals surface area contributed by atoms with Gasteiger partial charge in [-0.05, 0) is 6.42 Å². The lowest BCUT2D eigenvalue weighted by atomic mass is 10.2. The molecule has 0 heterocycles. The highest BCUT2D eigenvalue weighted by molar-refractivity contribution is 5.74. The lowest BCUT2D eigenvalue weighted by molar-refractivity contribution is -0.118. The Morgan fingerprint density at radius 1 is 1.43 bits per heavy atom. The number of primary amides is 1. The number of hydrogen-bond acceptors (Lipinski definition) is 2. The van der Waals surface area contributed by atoms with Crippen molar-refractivity contribution in [3.63, 3.8) is 0 Å². The van der Waals surface area contributed by atoms with E-state index in [0.717, 1.165) is 6.42 Å². The lowest BCUT2D eigenvalue weighted by Gasteiger charge is -2.00. The van der Waals surface area contributed by atoms with Crippen LogP contribution in [0.2, 0.25) is 0 Å². The fourth-order valence-corrected chi connectivity index (χ4v) is 1.00. The largest absolute Gasteiger partial charge is 0.370 e. The van der Waals surface area contributed by atoms with Crippen molar-refractivity contribution in [2.75, 3.05) is 0 Å². The summed E-state index contributed by atoms with van der Waals surface area (Å²) in [6.07, 6.45) is 11.4. The Balaban J connectivity index is 3.60. The summed E-state index contributed by atoms with van der Waals surface area (Å²) in [5.41, 5.74) is 10.6. The van der Waals surface area contributed by atoms with Crippen LogP contribution >= 0.6 is 0 Å². The van der Waals surface area contributed by atoms with Crippen molar-refractivity contribution in [3.8, 4) is 0 Å². The predicted octanol–water partition coefficient (Wildman–Crippen LogP) is 1.49. The van der Waals surface area contributed by atoms with E-state index in [9.17, 15) is 4.79 Å². The van der Waals surface area contributed by atoms with Crippen LogP contribution in [0.25, 0.3) is 0 Å². The summed E-state index contributed by atoms with van der Waals surface area (Å²) in [6.45, 7) is 2.16. The Labute approximate surface area is 85.9 Å². The average Bonchev–Trinajstić information content (AvgIpc) is 2.10. The van der Waals surface area contributed by atoms with Crippen LogP contribution in [0.1, 0.15) is 32.6 Å². The Kier molecular flexibility index (Phi) is 7.84. The first kappa shape index (κ1) is 12.9. The predicted molar refractivity (Wildman–Crippen MR) is 59.6 cm³/mol. The lowest BCUT2D eigenvalue weighted by Crippen LogP contribution is -2.25. The van der Waals surface area contributed by atoms with Gasteiger partial charge in [0.05, 0.1) is 0 Å². The molecule has 4 N–H and O–H groups in total. The molecule has 0 aromatic carbocycles. The van der Waals surface area contributed by atoms with Crippen LogP contribution in [0.4, 0.5) is 0 Å². The van der Waals surface area contributed by atoms with Crippen LogP contribution in [0.5, 0.6) is 0 Å². The van der Waals surface area contributed by atoms with Gasteiger partial charge in [0.1, 0.15) is 0 Å². The van der Waals surface area contributed by atoms with Crippen LogP contribution in [0.3, 0.4) is 0 Å². The number of rotatable bonds is 7. The molecule has 0 spiro atoms. The average molecular weight is 196 g/mol. The molecule has 0 fully saturated rings. The molecule has 3 heteroatoms. The van der Waals surface area contributed by atoms with Gasteiger partial charge < -0.3 is 11.5 Å². The molecule has 1 unspecified atom stereocenters. The zero-order chi connectivity index (χ0) is 10.8. The van der Waals surface area contributed by atoms with Crippen molar-refractivity contribution in [1.82, 2.24) is 0 Å². The molecule has 80 valence electrons. The van der Waals surface area contributed by atoms with E-state index in [2.05, 4.69) is 13.0 Å². The summed E-state index contributed by atoms with van der Waals surface area (Å²) < 4.78 is 0. The Hall–Kier alpha value is -1.09. The summed E-state index contributed by atoms with van der Waals surface area (Å²) in [7, 11) is 0. The minimum atomic E-state index is -0.364. The highest BCUT2D eigenvalue weighted by Gasteiger charge is 2.00. The van der Waals surface area contributed by atoms with E-state index in [1.54, 1.807) is 6.08 Å². The Morgan fingerprint density at radius 2 is 2.14 bits per heavy atom. The molecule has 0 aliphatic heterocycles. The smallest absolute Gasteiger partial charge is 0.219 e. The molecule has 0 aliphatic carbocycles. The fourth-order valence-electron chi connectivity index (χ4n) is 1.00. The molecule has 0 aliphatic rings. The van der Waals surface area contributed by atoms with E-state index in [4.69, 9.17) is 11.5 Å². The van der Waals surface area contributed by atoms with Crippen LogP contribution in [-0.2, 0) is 4.79 Å². The normalized spacial score (nSPS) is 13.9. The molecule has 1 atom stereocenters. The Morgan fingerprint density at radius 3 is 2.71 bits per heavy atom. The van der Waals surface area contributed by atoms with Gasteiger partial charge in [-0.15, -0.1) is 0 Å². The molecule has 0 radical (unpaired) electrons. The topological polar surface area (TPSA) is 69.1 Å². The molecule has 0 bridgehead atoms. The molecule has 1 amide bonds. The molecule has 3 nitrogen and oxygen atoms in total. The van der Waals surface area contributed by atoms with Gasteiger partial charge in [-0.3, -0.25) is 4.79 Å². The molecule has 0 rings (SSSR count). The highest BCUT2D eigenvalue weighted by atomic mass is 16.1. The maximum atomic E-state index is 10.5. The summed E-state index contributed by atoms with van der Waals surface area (Å²) in [5, 5.41) is 0. The second-order valence-corrected chi connectivity index (χ2v) is 3.29. The third-order valence-electron chi connectivity index (χ3n) is 1.77. The van der Waals surface area contributed by atoms with Gasteiger partial charge in [0.15, 0.2) is 0 Å². The second-order valence-electron chi connectivity index (χ2n) is 3.29. The number of nitrogens with two attached hydrogens (primary N) is 2. The van der Waals surface area contributed by atoms with Crippen molar-refractivity contribution >= 4 is 5.91 Å². The highest BCUT2D eigenvalue weighted by Crippen LogP contribution is 1.95. The number of amides is 1. The maximum absolute atomic E-state index is 10.5. The zero-order valence-corrected chi connectivity index (χ0v) is 8.78. The number of unbranched alkanes of at least 4 members (excludes halogenated alkanes) is 2. The van der Waals surface area contributed by atoms with E-state index in [1.807, 2.05) is 12.2 Å². The van der Waals surface area contributed by atoms with Gasteiger partial charge in [-0.2, -0.15) is 0 Å². The van der Waals surface area contributed by atoms with Crippen molar-refractivity contribution < 1.29 is 4.79 Å². The van der Waals surface area contributed by atoms with Crippen LogP contribution < -0.4 is 11.5 Å². The van der Waals surface area contributed by atoms with Crippen molar-refractivity contribution in [3.05, 3.63) is 24.3 Å². The van der Waals surface area contributed by atoms with E-state index < -0.39 is 0 Å². The quantitative estimate of drug-likeness (QED) is 0.478. The van der Waals surface area contributed by atoms with E-state index >= 15 is 0 Å². The summed E-state index contributed by atoms with van der Waals surface area (Å²) in [5.74, 6) is -0.364. The first-order valence-corrected chi connectivity index (χ1v) is 5.04. The van der Waals surface area contributed by atoms with Gasteiger partial charge in [0.2, 0.25) is 5.91 Å². The third kappa shape index (κ3) is 9.00. The monoisotopic (exact) mass is 196 g/mol. The Bertz CT molecular complexity index is 209. The molecule has 0 saturated heterocycles. The van der Waals surface area contributed by atoms with Gasteiger partial charge >= 0.3 is 0 Å². The first-order chi connectivity index (χ1) is 6.66. The van der Waals surface area contributed by atoms with E-state index in [0.29, 0.717) is 0 Å². The first-order valence-electron chi connectivity index (χ1n) is 5.04. The van der Waals surface area contributed by atoms with Gasteiger partial charge in [-0.1, -0.05) is 44.1 Å². The fraction of sp³-hybridized carbons (Fsp3) is 0.545. The van der Waals surface area contributed by atoms with Gasteiger partial charge in [-0.25, -0.2) is 0 Å². The number of carbonyl (C=O) groups is 1. The SMILES string of the molecule is CCCC/C=C/C=C/C(N)CC(N)=O. The molecular weight excluding hydrogens is 176 g/mol. The minimum absolute atomic E-state index is 0.208. The number of hydrogen-bond donors (Lipinski definition) is 2. The number of carbonyl (C=O) groups excluding carboxylic acids is 1. The van der Waals surface area contributed by atoms with Gasteiger partial charge in [0, 0.05) is 12.5 Å². The van der Waals surface area contributed by atoms with Crippen molar-refractivity contribution in [2.45, 2.75) is 38.6 Å². The standard InChI is InChI=1S/C11H20N2O/c1-2-3-4-5-6-7-8-10(12)9-11(13)14/h5-8,10H,2-4,9,12H2,1H3,(H2,13,14)/b6-5+,8-7+. The summed E-state index contributed by atoms with van der Waals surface area (Å²) in [4.78, 5) is 10.5. The van der Waals surface area contributed by atoms with E-state index in [-0.39, 0.29) is 18.4 Å². The van der Waals surface area contributed by atoms with E-state index in [1.165, 1.54) is 12.8 Å². The van der Waals surface area contributed by atoms with Crippen molar-refractivity contribution in [2.24, 2.45) is 11.5 Å². The zero-order valence-electron chi connectivity index (χ0n) is 8.78. The summed E-state index contributed by atoms with van der Waals surface area (Å²) >= 11 is 0. The van der Waals surface area contributed by atoms with Crippen LogP contribution in [0, 0.1) is 0 Å². The number of allylic oxidation sites excluding steroid dienone is 3. The molecule has 0 aromatic heterocycles. The van der Waals surface area contributed by atoms with Crippen LogP contribution in [0.15, 0.2) is 24.3 Å².